The van der Waals surface area contributed by atoms with Gasteiger partial charge in [-0.3, -0.25) is 0 Å². The first-order valence-corrected chi connectivity index (χ1v) is 6.76. The van der Waals surface area contributed by atoms with E-state index in [-0.39, 0.29) is 16.9 Å². The summed E-state index contributed by atoms with van der Waals surface area (Å²) < 4.78 is 5.37. The van der Waals surface area contributed by atoms with Crippen molar-refractivity contribution in [2.75, 3.05) is 6.61 Å². The Morgan fingerprint density at radius 2 is 1.36 bits per heavy atom. The molecular formula is C18H14N2O2. The molecule has 0 bridgehead atoms. The van der Waals surface area contributed by atoms with Gasteiger partial charge in [0, 0.05) is 0 Å². The molecule has 0 radical (unpaired) electrons. The lowest BCUT2D eigenvalue weighted by Gasteiger charge is -2.07. The summed E-state index contributed by atoms with van der Waals surface area (Å²) in [6, 6.07) is 17.4. The molecule has 0 fully saturated rings. The first kappa shape index (κ1) is 15.2. The smallest absolute Gasteiger partial charge is 0.119 e. The molecule has 1 N–H and O–H groups in total. The van der Waals surface area contributed by atoms with E-state index in [4.69, 9.17) is 4.74 Å². The molecule has 0 saturated heterocycles. The van der Waals surface area contributed by atoms with Crippen LogP contribution in [0, 0.1) is 22.7 Å². The number of phenolic OH excluding ortho intramolecular Hbond substituents is 1. The Hall–Kier alpha value is -3.24. The first-order valence-electron chi connectivity index (χ1n) is 6.76. The van der Waals surface area contributed by atoms with E-state index in [2.05, 4.69) is 12.1 Å². The van der Waals surface area contributed by atoms with E-state index in [1.54, 1.807) is 36.4 Å². The molecule has 2 rings (SSSR count). The summed E-state index contributed by atoms with van der Waals surface area (Å²) >= 11 is 0. The van der Waals surface area contributed by atoms with Crippen molar-refractivity contribution >= 4 is 11.1 Å². The van der Waals surface area contributed by atoms with Crippen LogP contribution in [0.15, 0.2) is 48.5 Å². The molecule has 0 saturated carbocycles. The second kappa shape index (κ2) is 6.97. The van der Waals surface area contributed by atoms with Crippen molar-refractivity contribution in [3.63, 3.8) is 0 Å². The Morgan fingerprint density at radius 1 is 0.909 bits per heavy atom. The van der Waals surface area contributed by atoms with Gasteiger partial charge in [0.25, 0.3) is 0 Å². The average molecular weight is 290 g/mol. The van der Waals surface area contributed by atoms with Gasteiger partial charge in [-0.05, 0) is 66.6 Å². The lowest BCUT2D eigenvalue weighted by atomic mass is 9.96. The molecule has 0 amide bonds. The van der Waals surface area contributed by atoms with Crippen LogP contribution in [0.5, 0.6) is 11.5 Å². The highest BCUT2D eigenvalue weighted by atomic mass is 16.5. The van der Waals surface area contributed by atoms with Crippen molar-refractivity contribution in [2.45, 2.75) is 6.92 Å². The number of rotatable bonds is 4. The molecule has 2 aromatic rings. The third-order valence-electron chi connectivity index (χ3n) is 3.08. The number of nitriles is 2. The highest BCUT2D eigenvalue weighted by Crippen LogP contribution is 2.27. The maximum Gasteiger partial charge on any atom is 0.119 e. The summed E-state index contributed by atoms with van der Waals surface area (Å²) in [5.41, 5.74) is 1.80. The highest BCUT2D eigenvalue weighted by molar-refractivity contribution is 6.02. The minimum Gasteiger partial charge on any atom is -0.508 e. The van der Waals surface area contributed by atoms with Crippen molar-refractivity contribution in [1.82, 2.24) is 0 Å². The van der Waals surface area contributed by atoms with Crippen molar-refractivity contribution in [3.8, 4) is 23.6 Å². The number of aromatic hydroxyl groups is 1. The number of phenols is 1. The zero-order valence-electron chi connectivity index (χ0n) is 12.1. The molecule has 0 aliphatic heterocycles. The summed E-state index contributed by atoms with van der Waals surface area (Å²) in [6.07, 6.45) is 0. The van der Waals surface area contributed by atoms with Gasteiger partial charge in [-0.2, -0.15) is 10.5 Å². The van der Waals surface area contributed by atoms with E-state index >= 15 is 0 Å². The normalized spacial score (nSPS) is 11.0. The Morgan fingerprint density at radius 3 is 1.77 bits per heavy atom. The van der Waals surface area contributed by atoms with Crippen LogP contribution >= 0.6 is 0 Å². The van der Waals surface area contributed by atoms with Gasteiger partial charge >= 0.3 is 0 Å². The van der Waals surface area contributed by atoms with Crippen LogP contribution in [0.4, 0.5) is 0 Å². The maximum atomic E-state index is 9.43. The van der Waals surface area contributed by atoms with E-state index in [1.807, 2.05) is 6.92 Å². The SMILES string of the molecule is CCOc1ccc(/C(C#N)=C(\C#N)c2ccc(O)cc2)cc1. The minimum absolute atomic E-state index is 0.112. The Labute approximate surface area is 129 Å². The van der Waals surface area contributed by atoms with E-state index < -0.39 is 0 Å². The number of ether oxygens (including phenoxy) is 1. The van der Waals surface area contributed by atoms with E-state index in [9.17, 15) is 15.6 Å². The molecule has 0 aliphatic carbocycles. The van der Waals surface area contributed by atoms with Crippen molar-refractivity contribution in [2.24, 2.45) is 0 Å². The Bertz CT molecular complexity index is 761. The van der Waals surface area contributed by atoms with E-state index in [0.29, 0.717) is 23.5 Å². The fraction of sp³-hybridized carbons (Fsp3) is 0.111. The molecule has 22 heavy (non-hydrogen) atoms. The molecule has 0 aromatic heterocycles. The molecule has 4 nitrogen and oxygen atoms in total. The van der Waals surface area contributed by atoms with Gasteiger partial charge in [-0.25, -0.2) is 0 Å². The fourth-order valence-corrected chi connectivity index (χ4v) is 2.04. The predicted octanol–water partition coefficient (Wildman–Crippen LogP) is 3.75. The Kier molecular flexibility index (Phi) is 4.80. The monoisotopic (exact) mass is 290 g/mol. The summed E-state index contributed by atoms with van der Waals surface area (Å²) in [4.78, 5) is 0. The molecule has 0 heterocycles. The largest absolute Gasteiger partial charge is 0.508 e. The molecule has 0 aliphatic rings. The summed E-state index contributed by atoms with van der Waals surface area (Å²) in [5.74, 6) is 0.826. The van der Waals surface area contributed by atoms with Crippen LogP contribution < -0.4 is 4.74 Å². The van der Waals surface area contributed by atoms with E-state index in [1.165, 1.54) is 12.1 Å². The fourth-order valence-electron chi connectivity index (χ4n) is 2.04. The van der Waals surface area contributed by atoms with Gasteiger partial charge in [-0.15, -0.1) is 0 Å². The lowest BCUT2D eigenvalue weighted by Crippen LogP contribution is -1.92. The average Bonchev–Trinajstić information content (AvgIpc) is 2.55. The first-order chi connectivity index (χ1) is 10.7. The summed E-state index contributed by atoms with van der Waals surface area (Å²) in [5, 5.41) is 28.2. The molecule has 0 unspecified atom stereocenters. The molecule has 0 atom stereocenters. The molecule has 108 valence electrons. The summed E-state index contributed by atoms with van der Waals surface area (Å²) in [6.45, 7) is 2.46. The van der Waals surface area contributed by atoms with Gasteiger partial charge in [0.1, 0.15) is 23.6 Å². The number of hydrogen-bond acceptors (Lipinski definition) is 4. The van der Waals surface area contributed by atoms with Crippen molar-refractivity contribution in [1.29, 1.82) is 10.5 Å². The van der Waals surface area contributed by atoms with Crippen LogP contribution in [0.25, 0.3) is 11.1 Å². The van der Waals surface area contributed by atoms with Crippen molar-refractivity contribution < 1.29 is 9.84 Å². The number of benzene rings is 2. The number of nitrogens with zero attached hydrogens (tertiary/aromatic N) is 2. The number of hydrogen-bond donors (Lipinski definition) is 1. The summed E-state index contributed by atoms with van der Waals surface area (Å²) in [7, 11) is 0. The van der Waals surface area contributed by atoms with Crippen LogP contribution in [0.1, 0.15) is 18.1 Å². The Balaban J connectivity index is 2.49. The second-order valence-corrected chi connectivity index (χ2v) is 4.48. The standard InChI is InChI=1S/C18H14N2O2/c1-2-22-16-9-5-14(6-10-16)18(12-20)17(11-19)13-3-7-15(21)8-4-13/h3-10,21H,2H2,1H3/b18-17+. The maximum absolute atomic E-state index is 9.43. The van der Waals surface area contributed by atoms with Crippen molar-refractivity contribution in [3.05, 3.63) is 59.7 Å². The highest BCUT2D eigenvalue weighted by Gasteiger charge is 2.11. The zero-order valence-corrected chi connectivity index (χ0v) is 12.1. The second-order valence-electron chi connectivity index (χ2n) is 4.48. The zero-order chi connectivity index (χ0) is 15.9. The third-order valence-corrected chi connectivity index (χ3v) is 3.08. The van der Waals surface area contributed by atoms with Gasteiger partial charge in [0.2, 0.25) is 0 Å². The van der Waals surface area contributed by atoms with Gasteiger partial charge < -0.3 is 9.84 Å². The lowest BCUT2D eigenvalue weighted by molar-refractivity contribution is 0.340. The topological polar surface area (TPSA) is 77.0 Å². The van der Waals surface area contributed by atoms with Gasteiger partial charge in [-0.1, -0.05) is 0 Å². The molecular weight excluding hydrogens is 276 g/mol. The molecule has 4 heteroatoms. The third kappa shape index (κ3) is 3.26. The molecule has 0 spiro atoms. The molecule has 2 aromatic carbocycles. The van der Waals surface area contributed by atoms with Crippen LogP contribution in [-0.2, 0) is 0 Å². The quantitative estimate of drug-likeness (QED) is 0.687. The van der Waals surface area contributed by atoms with Gasteiger partial charge in [0.15, 0.2) is 0 Å². The minimum atomic E-state index is 0.112. The van der Waals surface area contributed by atoms with Crippen LogP contribution in [0.3, 0.4) is 0 Å². The predicted molar refractivity (Wildman–Crippen MR) is 83.8 cm³/mol. The number of allylic oxidation sites excluding steroid dienone is 2. The van der Waals surface area contributed by atoms with Gasteiger partial charge in [0.05, 0.1) is 17.8 Å². The van der Waals surface area contributed by atoms with Crippen LogP contribution in [-0.4, -0.2) is 11.7 Å². The van der Waals surface area contributed by atoms with Crippen LogP contribution in [0.2, 0.25) is 0 Å². The van der Waals surface area contributed by atoms with E-state index in [0.717, 1.165) is 0 Å².